The van der Waals surface area contributed by atoms with E-state index < -0.39 is 5.91 Å². The lowest BCUT2D eigenvalue weighted by Gasteiger charge is -2.32. The molecule has 3 N–H and O–H groups in total. The quantitative estimate of drug-likeness (QED) is 0.885. The van der Waals surface area contributed by atoms with Crippen LogP contribution in [-0.2, 0) is 4.79 Å². The standard InChI is InChI=1S/C15H20ClN3O3/c1-9(20)19-5-3-10(4-6-19)18-13-8-14(22-2)11(15(17)21)7-12(13)16/h7-8,10,18H,3-6H2,1-2H3,(H2,17,21). The molecule has 6 nitrogen and oxygen atoms in total. The number of halogens is 1. The van der Waals surface area contributed by atoms with Gasteiger partial charge in [-0.25, -0.2) is 0 Å². The number of anilines is 1. The number of nitrogens with one attached hydrogen (secondary N) is 1. The molecule has 1 aliphatic rings. The number of nitrogens with zero attached hydrogens (tertiary/aromatic N) is 1. The van der Waals surface area contributed by atoms with Crippen LogP contribution in [0, 0.1) is 0 Å². The zero-order valence-electron chi connectivity index (χ0n) is 12.7. The van der Waals surface area contributed by atoms with Crippen molar-refractivity contribution in [3.05, 3.63) is 22.7 Å². The highest BCUT2D eigenvalue weighted by molar-refractivity contribution is 6.33. The van der Waals surface area contributed by atoms with E-state index in [4.69, 9.17) is 22.1 Å². The van der Waals surface area contributed by atoms with E-state index in [9.17, 15) is 9.59 Å². The molecular formula is C15H20ClN3O3. The van der Waals surface area contributed by atoms with Gasteiger partial charge in [-0.05, 0) is 18.9 Å². The molecule has 0 bridgehead atoms. The van der Waals surface area contributed by atoms with E-state index in [1.165, 1.54) is 13.2 Å². The summed E-state index contributed by atoms with van der Waals surface area (Å²) in [5, 5.41) is 3.77. The van der Waals surface area contributed by atoms with Gasteiger partial charge >= 0.3 is 0 Å². The van der Waals surface area contributed by atoms with Crippen molar-refractivity contribution >= 4 is 29.1 Å². The van der Waals surface area contributed by atoms with Crippen LogP contribution in [0.1, 0.15) is 30.1 Å². The van der Waals surface area contributed by atoms with E-state index in [2.05, 4.69) is 5.32 Å². The minimum absolute atomic E-state index is 0.101. The highest BCUT2D eigenvalue weighted by atomic mass is 35.5. The summed E-state index contributed by atoms with van der Waals surface area (Å²) >= 11 is 6.21. The maximum atomic E-state index is 11.4. The van der Waals surface area contributed by atoms with Crippen LogP contribution in [0.15, 0.2) is 12.1 Å². The summed E-state index contributed by atoms with van der Waals surface area (Å²) in [6.45, 7) is 3.03. The lowest BCUT2D eigenvalue weighted by Crippen LogP contribution is -2.41. The van der Waals surface area contributed by atoms with E-state index >= 15 is 0 Å². The summed E-state index contributed by atoms with van der Waals surface area (Å²) in [5.74, 6) is -0.0930. The van der Waals surface area contributed by atoms with Gasteiger partial charge < -0.3 is 20.7 Å². The van der Waals surface area contributed by atoms with Crippen molar-refractivity contribution in [2.45, 2.75) is 25.8 Å². The molecule has 0 aromatic heterocycles. The largest absolute Gasteiger partial charge is 0.496 e. The Morgan fingerprint density at radius 2 is 2.00 bits per heavy atom. The Morgan fingerprint density at radius 3 is 2.50 bits per heavy atom. The van der Waals surface area contributed by atoms with Crippen molar-refractivity contribution in [3.63, 3.8) is 0 Å². The van der Waals surface area contributed by atoms with Gasteiger partial charge in [0, 0.05) is 32.1 Å². The third-order valence-corrected chi connectivity index (χ3v) is 4.17. The molecule has 0 aliphatic carbocycles. The van der Waals surface area contributed by atoms with Crippen molar-refractivity contribution < 1.29 is 14.3 Å². The lowest BCUT2D eigenvalue weighted by molar-refractivity contribution is -0.129. The van der Waals surface area contributed by atoms with E-state index in [0.29, 0.717) is 16.5 Å². The number of ether oxygens (including phenoxy) is 1. The van der Waals surface area contributed by atoms with Crippen LogP contribution in [-0.4, -0.2) is 43.0 Å². The van der Waals surface area contributed by atoms with Gasteiger partial charge in [-0.2, -0.15) is 0 Å². The van der Waals surface area contributed by atoms with Crippen LogP contribution in [0.5, 0.6) is 5.75 Å². The molecule has 0 radical (unpaired) electrons. The van der Waals surface area contributed by atoms with Gasteiger partial charge in [0.05, 0.1) is 23.4 Å². The first kappa shape index (κ1) is 16.4. The average molecular weight is 326 g/mol. The topological polar surface area (TPSA) is 84.7 Å². The number of hydrogen-bond acceptors (Lipinski definition) is 4. The van der Waals surface area contributed by atoms with E-state index in [0.717, 1.165) is 25.9 Å². The average Bonchev–Trinajstić information content (AvgIpc) is 2.49. The second-order valence-corrected chi connectivity index (χ2v) is 5.73. The third kappa shape index (κ3) is 3.62. The Bertz CT molecular complexity index is 584. The van der Waals surface area contributed by atoms with Crippen molar-refractivity contribution in [3.8, 4) is 5.75 Å². The number of methoxy groups -OCH3 is 1. The van der Waals surface area contributed by atoms with Crippen molar-refractivity contribution in [2.75, 3.05) is 25.5 Å². The number of hydrogen-bond donors (Lipinski definition) is 2. The Labute approximate surface area is 134 Å². The number of benzene rings is 1. The summed E-state index contributed by atoms with van der Waals surface area (Å²) < 4.78 is 5.19. The predicted molar refractivity (Wildman–Crippen MR) is 85.4 cm³/mol. The van der Waals surface area contributed by atoms with E-state index in [-0.39, 0.29) is 17.5 Å². The zero-order valence-corrected chi connectivity index (χ0v) is 13.4. The maximum absolute atomic E-state index is 11.4. The number of carbonyl (C=O) groups is 2. The van der Waals surface area contributed by atoms with Gasteiger partial charge in [0.2, 0.25) is 5.91 Å². The smallest absolute Gasteiger partial charge is 0.252 e. The molecule has 1 aromatic rings. The maximum Gasteiger partial charge on any atom is 0.252 e. The van der Waals surface area contributed by atoms with Gasteiger partial charge in [0.25, 0.3) is 5.91 Å². The first-order valence-corrected chi connectivity index (χ1v) is 7.49. The van der Waals surface area contributed by atoms with Crippen LogP contribution in [0.4, 0.5) is 5.69 Å². The predicted octanol–water partition coefficient (Wildman–Crippen LogP) is 1.87. The summed E-state index contributed by atoms with van der Waals surface area (Å²) in [5.41, 5.74) is 6.25. The minimum Gasteiger partial charge on any atom is -0.496 e. The SMILES string of the molecule is COc1cc(NC2CCN(C(C)=O)CC2)c(Cl)cc1C(N)=O. The molecule has 1 heterocycles. The molecule has 1 aliphatic heterocycles. The summed E-state index contributed by atoms with van der Waals surface area (Å²) in [7, 11) is 1.48. The molecule has 0 spiro atoms. The summed E-state index contributed by atoms with van der Waals surface area (Å²) in [4.78, 5) is 24.5. The number of nitrogens with two attached hydrogens (primary N) is 1. The lowest BCUT2D eigenvalue weighted by atomic mass is 10.0. The van der Waals surface area contributed by atoms with Crippen molar-refractivity contribution in [1.29, 1.82) is 0 Å². The highest BCUT2D eigenvalue weighted by Crippen LogP contribution is 2.32. The van der Waals surface area contributed by atoms with Crippen LogP contribution >= 0.6 is 11.6 Å². The second kappa shape index (κ2) is 6.87. The minimum atomic E-state index is -0.583. The van der Waals surface area contributed by atoms with Crippen LogP contribution in [0.2, 0.25) is 5.02 Å². The number of primary amides is 1. The molecule has 1 fully saturated rings. The van der Waals surface area contributed by atoms with Gasteiger partial charge in [-0.15, -0.1) is 0 Å². The van der Waals surface area contributed by atoms with Crippen LogP contribution in [0.25, 0.3) is 0 Å². The number of piperidine rings is 1. The molecule has 22 heavy (non-hydrogen) atoms. The molecule has 2 rings (SSSR count). The van der Waals surface area contributed by atoms with Gasteiger partial charge in [0.1, 0.15) is 5.75 Å². The fraction of sp³-hybridized carbons (Fsp3) is 0.467. The monoisotopic (exact) mass is 325 g/mol. The highest BCUT2D eigenvalue weighted by Gasteiger charge is 2.22. The molecule has 0 atom stereocenters. The molecule has 2 amide bonds. The summed E-state index contributed by atoms with van der Waals surface area (Å²) in [6, 6.07) is 3.41. The number of carbonyl (C=O) groups excluding carboxylic acids is 2. The fourth-order valence-electron chi connectivity index (χ4n) is 2.58. The molecular weight excluding hydrogens is 306 g/mol. The molecule has 7 heteroatoms. The van der Waals surface area contributed by atoms with E-state index in [1.807, 2.05) is 4.90 Å². The molecule has 1 saturated heterocycles. The van der Waals surface area contributed by atoms with Crippen molar-refractivity contribution in [2.24, 2.45) is 5.73 Å². The Hall–Kier alpha value is -1.95. The van der Waals surface area contributed by atoms with E-state index in [1.54, 1.807) is 13.0 Å². The normalized spacial score (nSPS) is 15.5. The first-order chi connectivity index (χ1) is 10.4. The van der Waals surface area contributed by atoms with Gasteiger partial charge in [-0.3, -0.25) is 9.59 Å². The van der Waals surface area contributed by atoms with Crippen LogP contribution in [0.3, 0.4) is 0 Å². The zero-order chi connectivity index (χ0) is 16.3. The number of amides is 2. The Morgan fingerprint density at radius 1 is 1.36 bits per heavy atom. The Balaban J connectivity index is 2.10. The summed E-state index contributed by atoms with van der Waals surface area (Å²) in [6.07, 6.45) is 1.69. The number of likely N-dealkylation sites (tertiary alicyclic amines) is 1. The number of rotatable bonds is 4. The second-order valence-electron chi connectivity index (χ2n) is 5.32. The molecule has 1 aromatic carbocycles. The fourth-order valence-corrected chi connectivity index (χ4v) is 2.80. The van der Waals surface area contributed by atoms with Gasteiger partial charge in [0.15, 0.2) is 0 Å². The van der Waals surface area contributed by atoms with Crippen LogP contribution < -0.4 is 15.8 Å². The third-order valence-electron chi connectivity index (χ3n) is 3.85. The molecule has 0 unspecified atom stereocenters. The molecule has 0 saturated carbocycles. The molecule has 120 valence electrons. The first-order valence-electron chi connectivity index (χ1n) is 7.11. The van der Waals surface area contributed by atoms with Gasteiger partial charge in [-0.1, -0.05) is 11.6 Å². The van der Waals surface area contributed by atoms with Crippen molar-refractivity contribution in [1.82, 2.24) is 4.90 Å². The Kier molecular flexibility index (Phi) is 5.13.